The second kappa shape index (κ2) is 8.75. The number of carbonyl (C=O) groups is 1. The summed E-state index contributed by atoms with van der Waals surface area (Å²) in [4.78, 5) is 15.9. The van der Waals surface area contributed by atoms with Crippen LogP contribution in [0.15, 0.2) is 59.5 Å². The minimum absolute atomic E-state index is 0.0317. The number of hydrogen-bond donors (Lipinski definition) is 1. The molecule has 0 aliphatic rings. The van der Waals surface area contributed by atoms with Gasteiger partial charge in [-0.1, -0.05) is 49.4 Å². The predicted octanol–water partition coefficient (Wildman–Crippen LogP) is 4.26. The van der Waals surface area contributed by atoms with Gasteiger partial charge in [0.25, 0.3) is 0 Å². The molecule has 0 bridgehead atoms. The third-order valence-corrected chi connectivity index (χ3v) is 4.72. The van der Waals surface area contributed by atoms with E-state index in [4.69, 9.17) is 0 Å². The van der Waals surface area contributed by atoms with Crippen molar-refractivity contribution in [2.45, 2.75) is 31.3 Å². The monoisotopic (exact) mass is 328 g/mol. The second-order valence-electron chi connectivity index (χ2n) is 5.41. The summed E-state index contributed by atoms with van der Waals surface area (Å²) in [6, 6.07) is 18.0. The number of thioether (sulfide) groups is 1. The van der Waals surface area contributed by atoms with Crippen LogP contribution < -0.4 is 5.32 Å². The number of carbonyl (C=O) groups excluding carboxylic acids is 1. The maximum Gasteiger partial charge on any atom is 0.241 e. The molecule has 2 rings (SSSR count). The minimum atomic E-state index is -0.185. The molecular formula is C19H24N2OS. The van der Waals surface area contributed by atoms with E-state index in [1.54, 1.807) is 11.8 Å². The quantitative estimate of drug-likeness (QED) is 0.771. The van der Waals surface area contributed by atoms with Crippen LogP contribution >= 0.6 is 11.8 Å². The van der Waals surface area contributed by atoms with Crippen LogP contribution in [0.2, 0.25) is 0 Å². The van der Waals surface area contributed by atoms with Gasteiger partial charge in [-0.25, -0.2) is 0 Å². The Morgan fingerprint density at radius 3 is 2.43 bits per heavy atom. The van der Waals surface area contributed by atoms with Crippen molar-refractivity contribution in [3.05, 3.63) is 60.2 Å². The first-order chi connectivity index (χ1) is 11.2. The van der Waals surface area contributed by atoms with Crippen molar-refractivity contribution in [1.82, 2.24) is 4.90 Å². The van der Waals surface area contributed by atoms with E-state index >= 15 is 0 Å². The van der Waals surface area contributed by atoms with E-state index in [9.17, 15) is 4.79 Å². The van der Waals surface area contributed by atoms with E-state index in [1.807, 2.05) is 55.6 Å². The largest absolute Gasteiger partial charge is 0.324 e. The average Bonchev–Trinajstić information content (AvgIpc) is 2.60. The highest BCUT2D eigenvalue weighted by Gasteiger charge is 2.20. The SMILES string of the molecule is CCN(Cc1ccccc1)C(C)C(=O)Nc1ccccc1SC. The van der Waals surface area contributed by atoms with E-state index in [0.29, 0.717) is 0 Å². The van der Waals surface area contributed by atoms with Gasteiger partial charge in [0.1, 0.15) is 0 Å². The van der Waals surface area contributed by atoms with Crippen molar-refractivity contribution in [3.63, 3.8) is 0 Å². The third kappa shape index (κ3) is 4.85. The number of para-hydroxylation sites is 1. The summed E-state index contributed by atoms with van der Waals surface area (Å²) in [6.07, 6.45) is 2.02. The molecule has 0 saturated heterocycles. The van der Waals surface area contributed by atoms with Gasteiger partial charge in [-0.3, -0.25) is 9.69 Å². The van der Waals surface area contributed by atoms with Crippen molar-refractivity contribution >= 4 is 23.4 Å². The summed E-state index contributed by atoms with van der Waals surface area (Å²) in [5.41, 5.74) is 2.10. The Kier molecular flexibility index (Phi) is 6.68. The lowest BCUT2D eigenvalue weighted by molar-refractivity contribution is -0.120. The lowest BCUT2D eigenvalue weighted by Crippen LogP contribution is -2.41. The summed E-state index contributed by atoms with van der Waals surface area (Å²) >= 11 is 1.64. The van der Waals surface area contributed by atoms with Crippen LogP contribution in [0.4, 0.5) is 5.69 Å². The average molecular weight is 328 g/mol. The van der Waals surface area contributed by atoms with Gasteiger partial charge in [-0.2, -0.15) is 0 Å². The maximum absolute atomic E-state index is 12.6. The summed E-state index contributed by atoms with van der Waals surface area (Å²) in [7, 11) is 0. The molecule has 4 heteroatoms. The summed E-state index contributed by atoms with van der Waals surface area (Å²) in [5.74, 6) is 0.0317. The van der Waals surface area contributed by atoms with Gasteiger partial charge >= 0.3 is 0 Å². The second-order valence-corrected chi connectivity index (χ2v) is 6.26. The molecule has 1 N–H and O–H groups in total. The van der Waals surface area contributed by atoms with Crippen LogP contribution in [0.1, 0.15) is 19.4 Å². The predicted molar refractivity (Wildman–Crippen MR) is 98.8 cm³/mol. The van der Waals surface area contributed by atoms with Crippen molar-refractivity contribution in [3.8, 4) is 0 Å². The molecule has 1 atom stereocenters. The molecular weight excluding hydrogens is 304 g/mol. The van der Waals surface area contributed by atoms with E-state index in [0.717, 1.165) is 23.7 Å². The minimum Gasteiger partial charge on any atom is -0.324 e. The van der Waals surface area contributed by atoms with Gasteiger partial charge in [-0.15, -0.1) is 11.8 Å². The number of benzene rings is 2. The Hall–Kier alpha value is -1.78. The number of nitrogens with one attached hydrogen (secondary N) is 1. The zero-order chi connectivity index (χ0) is 16.7. The topological polar surface area (TPSA) is 32.3 Å². The lowest BCUT2D eigenvalue weighted by atomic mass is 10.1. The fourth-order valence-electron chi connectivity index (χ4n) is 2.49. The number of likely N-dealkylation sites (N-methyl/N-ethyl adjacent to an activating group) is 1. The first-order valence-corrected chi connectivity index (χ1v) is 9.10. The molecule has 0 heterocycles. The van der Waals surface area contributed by atoms with E-state index in [-0.39, 0.29) is 11.9 Å². The summed E-state index contributed by atoms with van der Waals surface area (Å²) in [5, 5.41) is 3.06. The van der Waals surface area contributed by atoms with Crippen molar-refractivity contribution in [2.75, 3.05) is 18.1 Å². The van der Waals surface area contributed by atoms with E-state index < -0.39 is 0 Å². The fourth-order valence-corrected chi connectivity index (χ4v) is 3.05. The highest BCUT2D eigenvalue weighted by molar-refractivity contribution is 7.98. The molecule has 0 fully saturated rings. The normalized spacial score (nSPS) is 12.2. The van der Waals surface area contributed by atoms with Crippen LogP contribution in [-0.2, 0) is 11.3 Å². The number of nitrogens with zero attached hydrogens (tertiary/aromatic N) is 1. The van der Waals surface area contributed by atoms with Gasteiger partial charge in [-0.05, 0) is 37.4 Å². The van der Waals surface area contributed by atoms with Gasteiger partial charge in [0.15, 0.2) is 0 Å². The summed E-state index contributed by atoms with van der Waals surface area (Å²) in [6.45, 7) is 5.65. The molecule has 1 amide bonds. The van der Waals surface area contributed by atoms with Crippen LogP contribution in [-0.4, -0.2) is 29.6 Å². The number of rotatable bonds is 7. The Balaban J connectivity index is 2.05. The van der Waals surface area contributed by atoms with Crippen molar-refractivity contribution < 1.29 is 4.79 Å². The standard InChI is InChI=1S/C19H24N2OS/c1-4-21(14-16-10-6-5-7-11-16)15(2)19(22)20-17-12-8-9-13-18(17)23-3/h5-13,15H,4,14H2,1-3H3,(H,20,22). The van der Waals surface area contributed by atoms with E-state index in [1.165, 1.54) is 5.56 Å². The van der Waals surface area contributed by atoms with Gasteiger partial charge < -0.3 is 5.32 Å². The molecule has 0 aliphatic heterocycles. The lowest BCUT2D eigenvalue weighted by Gasteiger charge is -2.27. The highest BCUT2D eigenvalue weighted by Crippen LogP contribution is 2.25. The van der Waals surface area contributed by atoms with Crippen LogP contribution in [0.3, 0.4) is 0 Å². The molecule has 0 spiro atoms. The van der Waals surface area contributed by atoms with Gasteiger partial charge in [0.2, 0.25) is 5.91 Å². The Morgan fingerprint density at radius 1 is 1.13 bits per heavy atom. The molecule has 0 saturated carbocycles. The smallest absolute Gasteiger partial charge is 0.241 e. The number of amides is 1. The Morgan fingerprint density at radius 2 is 1.78 bits per heavy atom. The summed E-state index contributed by atoms with van der Waals surface area (Å²) < 4.78 is 0. The first-order valence-electron chi connectivity index (χ1n) is 7.87. The molecule has 3 nitrogen and oxygen atoms in total. The molecule has 2 aromatic carbocycles. The van der Waals surface area contributed by atoms with Crippen molar-refractivity contribution in [2.24, 2.45) is 0 Å². The molecule has 0 radical (unpaired) electrons. The van der Waals surface area contributed by atoms with Gasteiger partial charge in [0, 0.05) is 11.4 Å². The molecule has 122 valence electrons. The zero-order valence-corrected chi connectivity index (χ0v) is 14.8. The van der Waals surface area contributed by atoms with Gasteiger partial charge in [0.05, 0.1) is 11.7 Å². The fraction of sp³-hybridized carbons (Fsp3) is 0.316. The highest BCUT2D eigenvalue weighted by atomic mass is 32.2. The molecule has 0 aliphatic carbocycles. The van der Waals surface area contributed by atoms with E-state index in [2.05, 4.69) is 29.3 Å². The Bertz CT molecular complexity index is 630. The van der Waals surface area contributed by atoms with Crippen LogP contribution in [0.25, 0.3) is 0 Å². The van der Waals surface area contributed by atoms with Crippen LogP contribution in [0.5, 0.6) is 0 Å². The van der Waals surface area contributed by atoms with Crippen molar-refractivity contribution in [1.29, 1.82) is 0 Å². The first kappa shape index (κ1) is 17.6. The molecule has 1 unspecified atom stereocenters. The maximum atomic E-state index is 12.6. The molecule has 0 aromatic heterocycles. The zero-order valence-electron chi connectivity index (χ0n) is 14.0. The third-order valence-electron chi connectivity index (χ3n) is 3.93. The molecule has 23 heavy (non-hydrogen) atoms. The van der Waals surface area contributed by atoms with Crippen LogP contribution in [0, 0.1) is 0 Å². The number of anilines is 1. The Labute approximate surface area is 143 Å². The molecule has 2 aromatic rings. The number of hydrogen-bond acceptors (Lipinski definition) is 3.